The standard InChI is InChI=1S/C17H18F3NO2.C5H10OS.CH4/c1-5-13(14-7-8-23-10-14)9-15(17(18,19)20)11(3)21-16(6-2)12(4)22;1-3-4-5(6)7-2;/h5-10H,1-4H3;3-4H2,1-2H3;1H4/b13-5+,15-9+,16-6-,21-11+;;. The van der Waals surface area contributed by atoms with Crippen LogP contribution in [0.5, 0.6) is 0 Å². The average molecular weight is 460 g/mol. The number of hydrogen-bond acceptors (Lipinski definition) is 5. The lowest BCUT2D eigenvalue weighted by atomic mass is 10.0. The molecule has 0 radical (unpaired) electrons. The number of thioether (sulfide) groups is 1. The van der Waals surface area contributed by atoms with Crippen molar-refractivity contribution in [2.75, 3.05) is 6.26 Å². The van der Waals surface area contributed by atoms with Gasteiger partial charge >= 0.3 is 6.18 Å². The molecule has 4 nitrogen and oxygen atoms in total. The molecule has 0 N–H and O–H groups in total. The van der Waals surface area contributed by atoms with Crippen molar-refractivity contribution in [2.45, 2.75) is 61.1 Å². The summed E-state index contributed by atoms with van der Waals surface area (Å²) < 4.78 is 45.0. The van der Waals surface area contributed by atoms with Crippen LogP contribution in [0.3, 0.4) is 0 Å². The third kappa shape index (κ3) is 11.6. The number of nitrogens with zero attached hydrogens (tertiary/aromatic N) is 1. The van der Waals surface area contributed by atoms with Crippen molar-refractivity contribution < 1.29 is 27.2 Å². The van der Waals surface area contributed by atoms with E-state index >= 15 is 0 Å². The topological polar surface area (TPSA) is 59.6 Å². The molecule has 1 aromatic rings. The Balaban J connectivity index is 0. The monoisotopic (exact) mass is 459 g/mol. The Kier molecular flexibility index (Phi) is 15.4. The Labute approximate surface area is 187 Å². The molecule has 0 aliphatic carbocycles. The Bertz CT molecular complexity index is 818. The number of hydrogen-bond donors (Lipinski definition) is 0. The van der Waals surface area contributed by atoms with Gasteiger partial charge in [-0.15, -0.1) is 0 Å². The van der Waals surface area contributed by atoms with Gasteiger partial charge in [-0.05, 0) is 51.2 Å². The number of ketones is 1. The van der Waals surface area contributed by atoms with E-state index in [2.05, 4.69) is 4.99 Å². The maximum atomic E-state index is 13.4. The number of carbonyl (C=O) groups excluding carboxylic acids is 2. The predicted octanol–water partition coefficient (Wildman–Crippen LogP) is 7.44. The molecule has 0 aliphatic heterocycles. The Hall–Kier alpha value is -2.35. The molecule has 0 saturated carbocycles. The normalized spacial score (nSPS) is 13.2. The van der Waals surface area contributed by atoms with Gasteiger partial charge in [0.2, 0.25) is 0 Å². The van der Waals surface area contributed by atoms with Gasteiger partial charge in [-0.2, -0.15) is 13.2 Å². The molecule has 8 heteroatoms. The van der Waals surface area contributed by atoms with E-state index in [1.807, 2.05) is 13.2 Å². The molecule has 1 aromatic heterocycles. The lowest BCUT2D eigenvalue weighted by molar-refractivity contribution is -0.113. The van der Waals surface area contributed by atoms with Crippen LogP contribution in [0.4, 0.5) is 13.2 Å². The summed E-state index contributed by atoms with van der Waals surface area (Å²) in [4.78, 5) is 25.5. The summed E-state index contributed by atoms with van der Waals surface area (Å²) in [6.07, 6.45) is 5.59. The Morgan fingerprint density at radius 1 is 1.19 bits per heavy atom. The fraction of sp³-hybridized carbons (Fsp3) is 0.435. The SMILES string of the molecule is C.CCCC(=O)SC.C\C=C(/N=C(C)/C(=C\C(=C/C)c1ccoc1)C(F)(F)F)C(C)=O. The molecule has 174 valence electrons. The van der Waals surface area contributed by atoms with Crippen molar-refractivity contribution in [1.82, 2.24) is 0 Å². The van der Waals surface area contributed by atoms with E-state index in [4.69, 9.17) is 4.42 Å². The summed E-state index contributed by atoms with van der Waals surface area (Å²) in [7, 11) is 0. The molecule has 0 bridgehead atoms. The molecule has 0 amide bonds. The second-order valence-corrected chi connectivity index (χ2v) is 6.93. The molecule has 0 saturated heterocycles. The van der Waals surface area contributed by atoms with Crippen molar-refractivity contribution >= 4 is 33.9 Å². The lowest BCUT2D eigenvalue weighted by Gasteiger charge is -2.13. The summed E-state index contributed by atoms with van der Waals surface area (Å²) in [6.45, 7) is 7.67. The maximum Gasteiger partial charge on any atom is 0.418 e. The van der Waals surface area contributed by atoms with Gasteiger partial charge < -0.3 is 4.42 Å². The van der Waals surface area contributed by atoms with E-state index in [1.54, 1.807) is 26.0 Å². The zero-order valence-electron chi connectivity index (χ0n) is 18.1. The van der Waals surface area contributed by atoms with Crippen molar-refractivity contribution in [2.24, 2.45) is 4.99 Å². The number of alkyl halides is 3. The zero-order chi connectivity index (χ0) is 23.3. The van der Waals surface area contributed by atoms with Crippen molar-refractivity contribution in [1.29, 1.82) is 0 Å². The van der Waals surface area contributed by atoms with Crippen molar-refractivity contribution in [3.05, 3.63) is 53.7 Å². The summed E-state index contributed by atoms with van der Waals surface area (Å²) in [5, 5.41) is 0.294. The van der Waals surface area contributed by atoms with Crippen molar-refractivity contribution in [3.8, 4) is 0 Å². The fourth-order valence-corrected chi connectivity index (χ4v) is 2.61. The van der Waals surface area contributed by atoms with Gasteiger partial charge in [0.15, 0.2) is 10.9 Å². The maximum absolute atomic E-state index is 13.4. The van der Waals surface area contributed by atoms with Crippen molar-refractivity contribution in [3.63, 3.8) is 0 Å². The molecule has 0 aliphatic rings. The average Bonchev–Trinajstić information content (AvgIpc) is 3.20. The molecular weight excluding hydrogens is 427 g/mol. The molecule has 0 spiro atoms. The first-order valence-electron chi connectivity index (χ1n) is 9.29. The van der Waals surface area contributed by atoms with E-state index < -0.39 is 17.5 Å². The minimum Gasteiger partial charge on any atom is -0.472 e. The number of aliphatic imine (C=N–C) groups is 1. The first-order valence-corrected chi connectivity index (χ1v) is 10.5. The van der Waals surface area contributed by atoms with Gasteiger partial charge in [-0.25, -0.2) is 4.99 Å². The van der Waals surface area contributed by atoms with Crippen LogP contribution in [0.1, 0.15) is 60.5 Å². The number of furan rings is 1. The third-order valence-corrected chi connectivity index (χ3v) is 4.42. The first-order chi connectivity index (χ1) is 14.0. The van der Waals surface area contributed by atoms with Gasteiger partial charge in [0.05, 0.1) is 23.8 Å². The van der Waals surface area contributed by atoms with E-state index in [0.29, 0.717) is 16.3 Å². The van der Waals surface area contributed by atoms with E-state index in [-0.39, 0.29) is 18.8 Å². The van der Waals surface area contributed by atoms with E-state index in [0.717, 1.165) is 18.9 Å². The highest BCUT2D eigenvalue weighted by Gasteiger charge is 2.35. The van der Waals surface area contributed by atoms with Crippen LogP contribution < -0.4 is 0 Å². The minimum absolute atomic E-state index is 0. The fourth-order valence-electron chi connectivity index (χ4n) is 2.20. The molecule has 0 unspecified atom stereocenters. The quantitative estimate of drug-likeness (QED) is 0.241. The highest BCUT2D eigenvalue weighted by Crippen LogP contribution is 2.30. The zero-order valence-corrected chi connectivity index (χ0v) is 18.9. The van der Waals surface area contributed by atoms with E-state index in [9.17, 15) is 22.8 Å². The Morgan fingerprint density at radius 3 is 2.13 bits per heavy atom. The van der Waals surface area contributed by atoms with Gasteiger partial charge in [0.1, 0.15) is 5.70 Å². The molecule has 0 atom stereocenters. The number of halogens is 3. The van der Waals surface area contributed by atoms with Gasteiger partial charge in [-0.1, -0.05) is 38.3 Å². The Morgan fingerprint density at radius 2 is 1.81 bits per heavy atom. The molecular formula is C23H32F3NO3S. The summed E-state index contributed by atoms with van der Waals surface area (Å²) in [5.41, 5.74) is -0.315. The summed E-state index contributed by atoms with van der Waals surface area (Å²) >= 11 is 1.31. The number of allylic oxidation sites excluding steroid dienone is 6. The summed E-state index contributed by atoms with van der Waals surface area (Å²) in [5.74, 6) is -0.394. The van der Waals surface area contributed by atoms with Crippen LogP contribution >= 0.6 is 11.8 Å². The van der Waals surface area contributed by atoms with Crippen LogP contribution in [0.15, 0.2) is 57.5 Å². The van der Waals surface area contributed by atoms with Gasteiger partial charge in [0, 0.05) is 18.9 Å². The predicted molar refractivity (Wildman–Crippen MR) is 124 cm³/mol. The largest absolute Gasteiger partial charge is 0.472 e. The van der Waals surface area contributed by atoms with Crippen LogP contribution in [-0.4, -0.2) is 29.0 Å². The molecule has 0 aromatic carbocycles. The third-order valence-electron chi connectivity index (χ3n) is 3.76. The number of carbonyl (C=O) groups is 2. The number of rotatable bonds is 7. The first kappa shape index (κ1) is 30.8. The summed E-state index contributed by atoms with van der Waals surface area (Å²) in [6, 6.07) is 1.57. The molecule has 1 rings (SSSR count). The molecule has 31 heavy (non-hydrogen) atoms. The minimum atomic E-state index is -4.60. The molecule has 0 fully saturated rings. The van der Waals surface area contributed by atoms with Crippen LogP contribution in [0.2, 0.25) is 0 Å². The van der Waals surface area contributed by atoms with Gasteiger partial charge in [-0.3, -0.25) is 9.59 Å². The van der Waals surface area contributed by atoms with Crippen LogP contribution in [-0.2, 0) is 9.59 Å². The van der Waals surface area contributed by atoms with Crippen LogP contribution in [0, 0.1) is 0 Å². The highest BCUT2D eigenvalue weighted by atomic mass is 32.2. The second kappa shape index (κ2) is 15.5. The van der Waals surface area contributed by atoms with E-state index in [1.165, 1.54) is 44.2 Å². The second-order valence-electron chi connectivity index (χ2n) is 6.07. The smallest absolute Gasteiger partial charge is 0.418 e. The van der Waals surface area contributed by atoms with Crippen LogP contribution in [0.25, 0.3) is 5.57 Å². The van der Waals surface area contributed by atoms with Gasteiger partial charge in [0.25, 0.3) is 0 Å². The number of Topliss-reactive ketones (excluding diaryl/α,β-unsaturated/α-hetero) is 1. The lowest BCUT2D eigenvalue weighted by Crippen LogP contribution is -2.19. The highest BCUT2D eigenvalue weighted by molar-refractivity contribution is 8.13. The molecule has 1 heterocycles.